The normalized spacial score (nSPS) is 16.2. The van der Waals surface area contributed by atoms with Crippen LogP contribution < -0.4 is 4.90 Å². The highest BCUT2D eigenvalue weighted by Crippen LogP contribution is 2.37. The van der Waals surface area contributed by atoms with Crippen LogP contribution in [0.25, 0.3) is 0 Å². The van der Waals surface area contributed by atoms with E-state index < -0.39 is 0 Å². The number of carbonyl (C=O) groups excluding carboxylic acids is 1. The Morgan fingerprint density at radius 1 is 1.30 bits per heavy atom. The standard InChI is InChI=1S/C18H27BrN2O2.C3H8O/c1-12(2)23-16(22)10-14-13(3)20-11-15(19)17(14)21-8-6-18(4,5)7-9-21;1-3(2)4/h11-12H,6-10H2,1-5H3;3-4H,1-2H3. The number of esters is 1. The van der Waals surface area contributed by atoms with Crippen molar-refractivity contribution in [2.45, 2.75) is 79.9 Å². The molecule has 0 unspecified atom stereocenters. The fourth-order valence-electron chi connectivity index (χ4n) is 2.95. The van der Waals surface area contributed by atoms with Gasteiger partial charge in [-0.2, -0.15) is 0 Å². The molecule has 5 nitrogen and oxygen atoms in total. The number of anilines is 1. The molecule has 0 atom stereocenters. The minimum atomic E-state index is -0.193. The molecule has 0 amide bonds. The number of rotatable bonds is 4. The largest absolute Gasteiger partial charge is 0.463 e. The van der Waals surface area contributed by atoms with Crippen molar-refractivity contribution in [2.24, 2.45) is 5.41 Å². The molecule has 0 saturated carbocycles. The quantitative estimate of drug-likeness (QED) is 0.686. The molecule has 0 spiro atoms. The molecular weight excluding hydrogens is 408 g/mol. The number of aromatic nitrogens is 1. The third-order valence-electron chi connectivity index (χ3n) is 4.44. The van der Waals surface area contributed by atoms with Crippen LogP contribution in [0.15, 0.2) is 10.7 Å². The summed E-state index contributed by atoms with van der Waals surface area (Å²) in [6.07, 6.45) is 4.14. The lowest BCUT2D eigenvalue weighted by atomic mass is 9.82. The number of piperidine rings is 1. The summed E-state index contributed by atoms with van der Waals surface area (Å²) in [4.78, 5) is 18.9. The van der Waals surface area contributed by atoms with Gasteiger partial charge in [0, 0.05) is 36.6 Å². The number of aliphatic hydroxyl groups is 1. The van der Waals surface area contributed by atoms with Crippen molar-refractivity contribution in [1.29, 1.82) is 0 Å². The number of hydrogen-bond acceptors (Lipinski definition) is 5. The summed E-state index contributed by atoms with van der Waals surface area (Å²) < 4.78 is 6.28. The molecule has 154 valence electrons. The van der Waals surface area contributed by atoms with E-state index in [4.69, 9.17) is 9.84 Å². The molecule has 1 aromatic heterocycles. The monoisotopic (exact) mass is 442 g/mol. The number of aliphatic hydroxyl groups excluding tert-OH is 1. The molecular formula is C21H35BrN2O3. The number of halogens is 1. The topological polar surface area (TPSA) is 62.7 Å². The lowest BCUT2D eigenvalue weighted by molar-refractivity contribution is -0.146. The van der Waals surface area contributed by atoms with Gasteiger partial charge in [-0.05, 0) is 68.8 Å². The molecule has 1 aliphatic rings. The Morgan fingerprint density at radius 2 is 1.81 bits per heavy atom. The molecule has 1 saturated heterocycles. The van der Waals surface area contributed by atoms with E-state index in [-0.39, 0.29) is 24.6 Å². The Labute approximate surface area is 172 Å². The van der Waals surface area contributed by atoms with Crippen LogP contribution in [0.4, 0.5) is 5.69 Å². The van der Waals surface area contributed by atoms with Crippen LogP contribution >= 0.6 is 15.9 Å². The van der Waals surface area contributed by atoms with Gasteiger partial charge in [0.1, 0.15) is 0 Å². The summed E-state index contributed by atoms with van der Waals surface area (Å²) in [5.41, 5.74) is 3.37. The number of pyridine rings is 1. The highest BCUT2D eigenvalue weighted by Gasteiger charge is 2.28. The van der Waals surface area contributed by atoms with Gasteiger partial charge in [0.15, 0.2) is 0 Å². The van der Waals surface area contributed by atoms with Crippen LogP contribution in [0.3, 0.4) is 0 Å². The zero-order chi connectivity index (χ0) is 20.8. The molecule has 2 rings (SSSR count). The van der Waals surface area contributed by atoms with Crippen LogP contribution in [0.1, 0.15) is 65.6 Å². The zero-order valence-electron chi connectivity index (χ0n) is 17.8. The predicted octanol–water partition coefficient (Wildman–Crippen LogP) is 4.66. The third-order valence-corrected chi connectivity index (χ3v) is 5.02. The highest BCUT2D eigenvalue weighted by molar-refractivity contribution is 9.10. The fourth-order valence-corrected chi connectivity index (χ4v) is 3.54. The first-order chi connectivity index (χ1) is 12.4. The predicted molar refractivity (Wildman–Crippen MR) is 114 cm³/mol. The first-order valence-electron chi connectivity index (χ1n) is 9.69. The lowest BCUT2D eigenvalue weighted by Crippen LogP contribution is -2.38. The Morgan fingerprint density at radius 3 is 2.30 bits per heavy atom. The van der Waals surface area contributed by atoms with Gasteiger partial charge in [-0.3, -0.25) is 9.78 Å². The number of carbonyl (C=O) groups is 1. The Hall–Kier alpha value is -1.14. The van der Waals surface area contributed by atoms with Crippen molar-refractivity contribution in [3.63, 3.8) is 0 Å². The maximum absolute atomic E-state index is 12.1. The van der Waals surface area contributed by atoms with Crippen LogP contribution in [0, 0.1) is 12.3 Å². The van der Waals surface area contributed by atoms with E-state index in [2.05, 4.69) is 39.7 Å². The van der Waals surface area contributed by atoms with Gasteiger partial charge in [-0.25, -0.2) is 0 Å². The van der Waals surface area contributed by atoms with E-state index in [1.165, 1.54) is 0 Å². The van der Waals surface area contributed by atoms with Crippen molar-refractivity contribution >= 4 is 27.6 Å². The second kappa shape index (κ2) is 10.4. The van der Waals surface area contributed by atoms with E-state index in [1.54, 1.807) is 13.8 Å². The molecule has 27 heavy (non-hydrogen) atoms. The Bertz CT molecular complexity index is 617. The van der Waals surface area contributed by atoms with Gasteiger partial charge < -0.3 is 14.7 Å². The maximum Gasteiger partial charge on any atom is 0.310 e. The summed E-state index contributed by atoms with van der Waals surface area (Å²) in [7, 11) is 0. The van der Waals surface area contributed by atoms with Crippen LogP contribution in [-0.4, -0.2) is 41.4 Å². The molecule has 1 N–H and O–H groups in total. The van der Waals surface area contributed by atoms with Gasteiger partial charge in [-0.15, -0.1) is 0 Å². The number of hydrogen-bond donors (Lipinski definition) is 1. The van der Waals surface area contributed by atoms with E-state index in [1.807, 2.05) is 27.0 Å². The van der Waals surface area contributed by atoms with E-state index >= 15 is 0 Å². The molecule has 1 fully saturated rings. The molecule has 0 radical (unpaired) electrons. The Kier molecular flexibility index (Phi) is 9.22. The second-order valence-electron chi connectivity index (χ2n) is 8.48. The first kappa shape index (κ1) is 23.9. The average Bonchev–Trinajstić information content (AvgIpc) is 2.51. The van der Waals surface area contributed by atoms with Crippen molar-refractivity contribution in [2.75, 3.05) is 18.0 Å². The maximum atomic E-state index is 12.1. The number of aryl methyl sites for hydroxylation is 1. The fraction of sp³-hybridized carbons (Fsp3) is 0.714. The minimum absolute atomic E-state index is 0.0952. The molecule has 6 heteroatoms. The SMILES string of the molecule is CC(C)O.Cc1ncc(Br)c(N2CCC(C)(C)CC2)c1CC(=O)OC(C)C. The zero-order valence-corrected chi connectivity index (χ0v) is 19.4. The van der Waals surface area contributed by atoms with E-state index in [0.717, 1.165) is 47.3 Å². The van der Waals surface area contributed by atoms with Crippen LogP contribution in [0.2, 0.25) is 0 Å². The lowest BCUT2D eigenvalue weighted by Gasteiger charge is -2.39. The van der Waals surface area contributed by atoms with Gasteiger partial charge in [-0.1, -0.05) is 13.8 Å². The van der Waals surface area contributed by atoms with Crippen molar-refractivity contribution in [3.05, 3.63) is 21.9 Å². The molecule has 1 aliphatic heterocycles. The smallest absolute Gasteiger partial charge is 0.310 e. The number of nitrogens with zero attached hydrogens (tertiary/aromatic N) is 2. The van der Waals surface area contributed by atoms with Crippen molar-refractivity contribution in [1.82, 2.24) is 4.98 Å². The van der Waals surface area contributed by atoms with Crippen molar-refractivity contribution < 1.29 is 14.6 Å². The second-order valence-corrected chi connectivity index (χ2v) is 9.33. The van der Waals surface area contributed by atoms with E-state index in [0.29, 0.717) is 5.41 Å². The van der Waals surface area contributed by atoms with Crippen LogP contribution in [-0.2, 0) is 16.0 Å². The highest BCUT2D eigenvalue weighted by atomic mass is 79.9. The van der Waals surface area contributed by atoms with Gasteiger partial charge >= 0.3 is 5.97 Å². The summed E-state index contributed by atoms with van der Waals surface area (Å²) in [6.45, 7) is 15.8. The van der Waals surface area contributed by atoms with E-state index in [9.17, 15) is 4.79 Å². The molecule has 0 bridgehead atoms. The van der Waals surface area contributed by atoms with Gasteiger partial charge in [0.2, 0.25) is 0 Å². The number of ether oxygens (including phenoxy) is 1. The minimum Gasteiger partial charge on any atom is -0.463 e. The first-order valence-corrected chi connectivity index (χ1v) is 10.5. The third kappa shape index (κ3) is 8.18. The van der Waals surface area contributed by atoms with Gasteiger partial charge in [0.05, 0.1) is 22.7 Å². The van der Waals surface area contributed by atoms with Crippen LogP contribution in [0.5, 0.6) is 0 Å². The average molecular weight is 443 g/mol. The Balaban J connectivity index is 0.000000828. The molecule has 0 aliphatic carbocycles. The summed E-state index contributed by atoms with van der Waals surface area (Å²) in [5.74, 6) is -0.193. The molecule has 2 heterocycles. The summed E-state index contributed by atoms with van der Waals surface area (Å²) in [6, 6.07) is 0. The molecule has 1 aromatic rings. The van der Waals surface area contributed by atoms with Gasteiger partial charge in [0.25, 0.3) is 0 Å². The summed E-state index contributed by atoms with van der Waals surface area (Å²) >= 11 is 3.63. The van der Waals surface area contributed by atoms with Crippen molar-refractivity contribution in [3.8, 4) is 0 Å². The summed E-state index contributed by atoms with van der Waals surface area (Å²) in [5, 5.41) is 8.06. The molecule has 0 aromatic carbocycles.